The summed E-state index contributed by atoms with van der Waals surface area (Å²) in [5, 5.41) is 0. The second-order valence-corrected chi connectivity index (χ2v) is 9.45. The average molecular weight is 501 g/mol. The zero-order valence-electron chi connectivity index (χ0n) is 22.4. The van der Waals surface area contributed by atoms with Crippen LogP contribution in [0, 0.1) is 0 Å². The molecule has 0 atom stereocenters. The number of aliphatic imine (C=N–C) groups is 2. The van der Waals surface area contributed by atoms with Crippen molar-refractivity contribution >= 4 is 41.3 Å². The van der Waals surface area contributed by atoms with Crippen LogP contribution >= 0.6 is 0 Å². The highest BCUT2D eigenvalue weighted by Crippen LogP contribution is 2.24. The molecule has 196 valence electrons. The highest BCUT2D eigenvalue weighted by Gasteiger charge is 2.31. The number of amides is 1. The number of esters is 2. The quantitative estimate of drug-likeness (QED) is 0.222. The number of carbonyl (C=O) groups is 3. The molecule has 1 aliphatic heterocycles. The van der Waals surface area contributed by atoms with E-state index < -0.39 is 17.5 Å². The van der Waals surface area contributed by atoms with Crippen LogP contribution in [0.5, 0.6) is 0 Å². The first-order valence-corrected chi connectivity index (χ1v) is 11.6. The Morgan fingerprint density at radius 3 is 2.50 bits per heavy atom. The molecule has 0 saturated carbocycles. The van der Waals surface area contributed by atoms with Crippen LogP contribution in [0.25, 0.3) is 6.08 Å². The van der Waals surface area contributed by atoms with E-state index in [1.165, 1.54) is 12.0 Å². The normalized spacial score (nSPS) is 15.2. The van der Waals surface area contributed by atoms with Crippen molar-refractivity contribution in [3.05, 3.63) is 35.0 Å². The molecule has 10 heteroatoms. The van der Waals surface area contributed by atoms with Crippen LogP contribution in [0.2, 0.25) is 0 Å². The molecule has 10 nitrogen and oxygen atoms in total. The maximum Gasteiger partial charge on any atom is 0.327 e. The van der Waals surface area contributed by atoms with E-state index in [9.17, 15) is 14.4 Å². The number of hydrogen-bond acceptors (Lipinski definition) is 9. The van der Waals surface area contributed by atoms with E-state index in [1.54, 1.807) is 40.7 Å². The summed E-state index contributed by atoms with van der Waals surface area (Å²) in [5.74, 6) is -0.479. The second kappa shape index (κ2) is 12.3. The van der Waals surface area contributed by atoms with Gasteiger partial charge in [0.15, 0.2) is 5.90 Å². The van der Waals surface area contributed by atoms with Crippen LogP contribution in [-0.2, 0) is 35.0 Å². The van der Waals surface area contributed by atoms with Crippen LogP contribution in [0.15, 0.2) is 33.9 Å². The summed E-state index contributed by atoms with van der Waals surface area (Å²) in [5.41, 5.74) is 2.35. The lowest BCUT2D eigenvalue weighted by molar-refractivity contribution is -0.156. The molecule has 0 unspecified atom stereocenters. The highest BCUT2D eigenvalue weighted by molar-refractivity contribution is 6.15. The van der Waals surface area contributed by atoms with Crippen LogP contribution in [0.4, 0.5) is 5.69 Å². The highest BCUT2D eigenvalue weighted by atomic mass is 16.6. The summed E-state index contributed by atoms with van der Waals surface area (Å²) in [6.07, 6.45) is 2.25. The number of anilines is 1. The Hall–Kier alpha value is -3.69. The van der Waals surface area contributed by atoms with Crippen molar-refractivity contribution in [2.75, 3.05) is 45.8 Å². The summed E-state index contributed by atoms with van der Waals surface area (Å²) in [6.45, 7) is 8.71. The molecule has 0 fully saturated rings. The van der Waals surface area contributed by atoms with Crippen molar-refractivity contribution in [3.8, 4) is 0 Å². The van der Waals surface area contributed by atoms with Crippen molar-refractivity contribution in [1.29, 1.82) is 0 Å². The zero-order chi connectivity index (χ0) is 27.0. The average Bonchev–Trinajstić information content (AvgIpc) is 3.04. The molecule has 36 heavy (non-hydrogen) atoms. The Bertz CT molecular complexity index is 1080. The molecular weight excluding hydrogens is 464 g/mol. The minimum atomic E-state index is -0.642. The number of rotatable bonds is 9. The third-order valence-electron chi connectivity index (χ3n) is 5.12. The van der Waals surface area contributed by atoms with Crippen LogP contribution in [-0.4, -0.2) is 81.0 Å². The van der Waals surface area contributed by atoms with E-state index in [1.807, 2.05) is 37.2 Å². The van der Waals surface area contributed by atoms with Crippen molar-refractivity contribution in [2.45, 2.75) is 46.6 Å². The Morgan fingerprint density at radius 2 is 1.89 bits per heavy atom. The first-order chi connectivity index (χ1) is 16.8. The molecule has 0 saturated heterocycles. The topological polar surface area (TPSA) is 110 Å². The Morgan fingerprint density at radius 1 is 1.19 bits per heavy atom. The minimum absolute atomic E-state index is 0.102. The van der Waals surface area contributed by atoms with Crippen molar-refractivity contribution in [1.82, 2.24) is 4.90 Å². The summed E-state index contributed by atoms with van der Waals surface area (Å²) >= 11 is 0. The number of methoxy groups -OCH3 is 1. The van der Waals surface area contributed by atoms with E-state index in [4.69, 9.17) is 9.47 Å². The molecule has 1 aromatic carbocycles. The first kappa shape index (κ1) is 28.5. The maximum absolute atomic E-state index is 13.0. The van der Waals surface area contributed by atoms with Gasteiger partial charge in [-0.05, 0) is 57.0 Å². The lowest BCUT2D eigenvalue weighted by Gasteiger charge is -2.22. The summed E-state index contributed by atoms with van der Waals surface area (Å²) in [4.78, 5) is 48.3. The molecule has 1 amide bonds. The third kappa shape index (κ3) is 8.51. The van der Waals surface area contributed by atoms with E-state index in [-0.39, 0.29) is 24.7 Å². The largest absolute Gasteiger partial charge is 0.481 e. The Balaban J connectivity index is 2.20. The fourth-order valence-corrected chi connectivity index (χ4v) is 3.32. The summed E-state index contributed by atoms with van der Waals surface area (Å²) in [6, 6.07) is 5.89. The van der Waals surface area contributed by atoms with Gasteiger partial charge in [0.25, 0.3) is 5.91 Å². The van der Waals surface area contributed by atoms with Gasteiger partial charge < -0.3 is 19.1 Å². The minimum Gasteiger partial charge on any atom is -0.481 e. The van der Waals surface area contributed by atoms with Gasteiger partial charge in [-0.2, -0.15) is 0 Å². The van der Waals surface area contributed by atoms with Crippen molar-refractivity contribution in [3.63, 3.8) is 0 Å². The van der Waals surface area contributed by atoms with Gasteiger partial charge >= 0.3 is 11.9 Å². The molecule has 0 spiro atoms. The molecule has 1 aliphatic rings. The molecular formula is C26H36N4O6. The van der Waals surface area contributed by atoms with E-state index in [0.717, 1.165) is 16.8 Å². The number of amidine groups is 1. The zero-order valence-corrected chi connectivity index (χ0v) is 22.4. The molecule has 2 rings (SSSR count). The number of benzene rings is 1. The van der Waals surface area contributed by atoms with Gasteiger partial charge in [-0.3, -0.25) is 19.3 Å². The number of carbonyl (C=O) groups excluding carboxylic acids is 3. The Labute approximate surface area is 212 Å². The maximum atomic E-state index is 13.0. The van der Waals surface area contributed by atoms with E-state index in [0.29, 0.717) is 24.8 Å². The van der Waals surface area contributed by atoms with Gasteiger partial charge in [0.1, 0.15) is 30.2 Å². The predicted molar refractivity (Wildman–Crippen MR) is 139 cm³/mol. The molecule has 0 aromatic heterocycles. The first-order valence-electron chi connectivity index (χ1n) is 11.6. The monoisotopic (exact) mass is 500 g/mol. The summed E-state index contributed by atoms with van der Waals surface area (Å²) < 4.78 is 15.6. The van der Waals surface area contributed by atoms with Crippen molar-refractivity contribution in [2.24, 2.45) is 9.98 Å². The fraction of sp³-hybridized carbons (Fsp3) is 0.500. The lowest BCUT2D eigenvalue weighted by atomic mass is 10.0. The second-order valence-electron chi connectivity index (χ2n) is 9.45. The summed E-state index contributed by atoms with van der Waals surface area (Å²) in [7, 11) is 5.19. The van der Waals surface area contributed by atoms with Crippen LogP contribution < -0.4 is 4.90 Å². The molecule has 0 aliphatic carbocycles. The molecule has 0 N–H and O–H groups in total. The molecule has 1 aromatic rings. The van der Waals surface area contributed by atoms with Gasteiger partial charge in [0.05, 0.1) is 13.7 Å². The van der Waals surface area contributed by atoms with E-state index >= 15 is 0 Å². The van der Waals surface area contributed by atoms with Gasteiger partial charge in [-0.1, -0.05) is 6.07 Å². The van der Waals surface area contributed by atoms with Crippen LogP contribution in [0.3, 0.4) is 0 Å². The lowest BCUT2D eigenvalue weighted by Crippen LogP contribution is -2.38. The van der Waals surface area contributed by atoms with Gasteiger partial charge in [-0.15, -0.1) is 0 Å². The van der Waals surface area contributed by atoms with Crippen LogP contribution in [0.1, 0.15) is 45.7 Å². The van der Waals surface area contributed by atoms with Gasteiger partial charge in [0.2, 0.25) is 0 Å². The Kier molecular flexibility index (Phi) is 9.77. The molecule has 0 bridgehead atoms. The van der Waals surface area contributed by atoms with Crippen molar-refractivity contribution < 1.29 is 28.6 Å². The smallest absolute Gasteiger partial charge is 0.327 e. The standard InChI is InChI=1S/C26H36N4O6/c1-17-28-22(25(33)30(17)16-24(32)36-26(3,4)5)14-19-9-10-21(29(6)7)13-20(19)11-12-35-18(2)27-15-23(31)34-8/h9-10,13-14H,11-12,15-16H2,1-8H3/b22-14-,27-18?. The third-order valence-corrected chi connectivity index (χ3v) is 5.12. The fourth-order valence-electron chi connectivity index (χ4n) is 3.32. The SMILES string of the molecule is COC(=O)CN=C(C)OCCc1cc(N(C)C)ccc1/C=C1\N=C(C)N(CC(=O)OC(C)(C)C)C1=O. The van der Waals surface area contributed by atoms with E-state index in [2.05, 4.69) is 14.7 Å². The predicted octanol–water partition coefficient (Wildman–Crippen LogP) is 2.85. The number of hydrogen-bond donors (Lipinski definition) is 0. The van der Waals surface area contributed by atoms with Gasteiger partial charge in [0, 0.05) is 33.1 Å². The van der Waals surface area contributed by atoms with Gasteiger partial charge in [-0.25, -0.2) is 9.98 Å². The molecule has 1 heterocycles. The molecule has 0 radical (unpaired) electrons. The number of nitrogens with zero attached hydrogens (tertiary/aromatic N) is 4. The number of ether oxygens (including phenoxy) is 3.